The molecule has 2 heterocycles. The van der Waals surface area contributed by atoms with E-state index in [1.165, 1.54) is 0 Å². The van der Waals surface area contributed by atoms with Gasteiger partial charge < -0.3 is 20.8 Å². The summed E-state index contributed by atoms with van der Waals surface area (Å²) in [5.74, 6) is -0.789. The average molecular weight is 505 g/mol. The lowest BCUT2D eigenvalue weighted by Gasteiger charge is -2.15. The normalized spacial score (nSPS) is 14.1. The number of imidazole rings is 1. The van der Waals surface area contributed by atoms with E-state index >= 15 is 0 Å². The number of carbonyl (C=O) groups is 2. The number of Topliss-reactive ketones (excluding diaryl/α,β-unsaturated/α-hetero) is 1. The Morgan fingerprint density at radius 2 is 1.81 bits per heavy atom. The number of rotatable bonds is 9. The summed E-state index contributed by atoms with van der Waals surface area (Å²) in [6, 6.07) is 13.9. The molecule has 2 aromatic heterocycles. The number of esters is 1. The maximum atomic E-state index is 12.8. The fraction of sp³-hybridized carbons (Fsp3) is 0.269. The molecular weight excluding hydrogens is 480 g/mol. The number of fused-ring (bicyclic) bond motifs is 1. The highest BCUT2D eigenvalue weighted by Crippen LogP contribution is 2.38. The molecule has 0 radical (unpaired) electrons. The first-order valence-electron chi connectivity index (χ1n) is 11.7. The van der Waals surface area contributed by atoms with Gasteiger partial charge >= 0.3 is 5.97 Å². The Labute approximate surface area is 212 Å². The Balaban J connectivity index is 1.35. The lowest BCUT2D eigenvalue weighted by Crippen LogP contribution is -2.35. The molecule has 4 N–H and O–H groups in total. The minimum Gasteiger partial charge on any atom is -0.460 e. The van der Waals surface area contributed by atoms with Gasteiger partial charge in [-0.25, -0.2) is 9.97 Å². The number of ketones is 1. The summed E-state index contributed by atoms with van der Waals surface area (Å²) in [6.07, 6.45) is 4.09. The summed E-state index contributed by atoms with van der Waals surface area (Å²) in [5.41, 5.74) is 16.1. The number of nitrogens with zero attached hydrogens (tertiary/aromatic N) is 4. The molecule has 9 nitrogen and oxygen atoms in total. The summed E-state index contributed by atoms with van der Waals surface area (Å²) in [4.78, 5) is 38.3. The summed E-state index contributed by atoms with van der Waals surface area (Å²) >= 11 is 6.27. The van der Waals surface area contributed by atoms with Crippen molar-refractivity contribution in [2.24, 2.45) is 11.5 Å². The monoisotopic (exact) mass is 504 g/mol. The van der Waals surface area contributed by atoms with Gasteiger partial charge in [0.25, 0.3) is 0 Å². The zero-order chi connectivity index (χ0) is 25.2. The quantitative estimate of drug-likeness (QED) is 0.201. The number of halogens is 1. The number of benzene rings is 2. The second kappa shape index (κ2) is 10.1. The van der Waals surface area contributed by atoms with Crippen molar-refractivity contribution in [2.45, 2.75) is 38.0 Å². The molecule has 0 spiro atoms. The van der Waals surface area contributed by atoms with Crippen molar-refractivity contribution in [3.05, 3.63) is 76.8 Å². The lowest BCUT2D eigenvalue weighted by atomic mass is 9.98. The highest BCUT2D eigenvalue weighted by atomic mass is 35.5. The van der Waals surface area contributed by atoms with Crippen molar-refractivity contribution in [1.29, 1.82) is 0 Å². The Morgan fingerprint density at radius 3 is 2.56 bits per heavy atom. The molecule has 1 aliphatic rings. The average Bonchev–Trinajstić information content (AvgIpc) is 3.65. The number of hydrogen-bond donors (Lipinski definition) is 2. The van der Waals surface area contributed by atoms with Gasteiger partial charge in [-0.1, -0.05) is 48.5 Å². The van der Waals surface area contributed by atoms with E-state index in [1.54, 1.807) is 30.6 Å². The number of hydrogen-bond acceptors (Lipinski definition) is 8. The molecule has 1 atom stereocenters. The van der Waals surface area contributed by atoms with Gasteiger partial charge in [0.15, 0.2) is 11.4 Å². The summed E-state index contributed by atoms with van der Waals surface area (Å²) in [5, 5.41) is 0.124. The van der Waals surface area contributed by atoms with Crippen molar-refractivity contribution in [1.82, 2.24) is 19.5 Å². The minimum absolute atomic E-state index is 0.0153. The first-order valence-corrected chi connectivity index (χ1v) is 12.1. The Bertz CT molecular complexity index is 1450. The van der Waals surface area contributed by atoms with Crippen LogP contribution in [0.15, 0.2) is 54.9 Å². The minimum atomic E-state index is -0.946. The van der Waals surface area contributed by atoms with E-state index < -0.39 is 12.0 Å². The molecule has 1 fully saturated rings. The lowest BCUT2D eigenvalue weighted by molar-refractivity contribution is -0.146. The molecule has 0 saturated heterocycles. The van der Waals surface area contributed by atoms with E-state index in [4.69, 9.17) is 27.8 Å². The van der Waals surface area contributed by atoms with Gasteiger partial charge in [-0.15, -0.1) is 0 Å². The van der Waals surface area contributed by atoms with Crippen LogP contribution >= 0.6 is 11.6 Å². The van der Waals surface area contributed by atoms with Crippen LogP contribution in [0, 0.1) is 0 Å². The van der Waals surface area contributed by atoms with Crippen molar-refractivity contribution >= 4 is 34.5 Å². The van der Waals surface area contributed by atoms with Gasteiger partial charge in [-0.3, -0.25) is 9.59 Å². The number of carbonyl (C=O) groups excluding carboxylic acids is 2. The summed E-state index contributed by atoms with van der Waals surface area (Å²) < 4.78 is 7.60. The molecule has 10 heteroatoms. The van der Waals surface area contributed by atoms with E-state index in [0.29, 0.717) is 34.0 Å². The molecular formula is C26H25ClN6O3. The molecule has 1 aliphatic carbocycles. The van der Waals surface area contributed by atoms with Gasteiger partial charge in [0.1, 0.15) is 23.9 Å². The maximum absolute atomic E-state index is 12.8. The smallest absolute Gasteiger partial charge is 0.323 e. The van der Waals surface area contributed by atoms with E-state index in [2.05, 4.69) is 15.0 Å². The van der Waals surface area contributed by atoms with Gasteiger partial charge in [0.2, 0.25) is 5.28 Å². The summed E-state index contributed by atoms with van der Waals surface area (Å²) in [7, 11) is 0. The van der Waals surface area contributed by atoms with Gasteiger partial charge in [-0.2, -0.15) is 4.98 Å². The highest BCUT2D eigenvalue weighted by molar-refractivity contribution is 6.28. The van der Waals surface area contributed by atoms with Crippen LogP contribution in [0.2, 0.25) is 5.28 Å². The van der Waals surface area contributed by atoms with E-state index in [-0.39, 0.29) is 30.6 Å². The van der Waals surface area contributed by atoms with Crippen LogP contribution in [0.25, 0.3) is 22.4 Å². The molecule has 36 heavy (non-hydrogen) atoms. The van der Waals surface area contributed by atoms with Gasteiger partial charge in [0.05, 0.1) is 12.9 Å². The molecule has 2 aromatic carbocycles. The van der Waals surface area contributed by atoms with Crippen LogP contribution in [-0.4, -0.2) is 43.9 Å². The van der Waals surface area contributed by atoms with E-state index in [0.717, 1.165) is 24.0 Å². The fourth-order valence-electron chi connectivity index (χ4n) is 4.23. The van der Waals surface area contributed by atoms with Crippen LogP contribution in [0.4, 0.5) is 0 Å². The number of ether oxygens (including phenoxy) is 1. The third-order valence-corrected chi connectivity index (χ3v) is 6.39. The van der Waals surface area contributed by atoms with Crippen LogP contribution in [-0.2, 0) is 22.6 Å². The Morgan fingerprint density at radius 1 is 1.08 bits per heavy atom. The molecule has 1 saturated carbocycles. The molecule has 0 amide bonds. The van der Waals surface area contributed by atoms with Crippen molar-refractivity contribution in [3.8, 4) is 11.3 Å². The van der Waals surface area contributed by atoms with Gasteiger partial charge in [-0.05, 0) is 42.0 Å². The van der Waals surface area contributed by atoms with Gasteiger partial charge in [0, 0.05) is 17.2 Å². The second-order valence-corrected chi connectivity index (χ2v) is 9.09. The van der Waals surface area contributed by atoms with Crippen molar-refractivity contribution < 1.29 is 14.3 Å². The molecule has 0 bridgehead atoms. The maximum Gasteiger partial charge on any atom is 0.323 e. The highest BCUT2D eigenvalue weighted by Gasteiger charge is 2.27. The first kappa shape index (κ1) is 24.1. The first-order chi connectivity index (χ1) is 17.5. The number of aromatic nitrogens is 4. The molecule has 4 aromatic rings. The second-order valence-electron chi connectivity index (χ2n) is 8.76. The zero-order valence-electron chi connectivity index (χ0n) is 19.4. The zero-order valence-corrected chi connectivity index (χ0v) is 20.2. The third kappa shape index (κ3) is 4.86. The molecule has 1 unspecified atom stereocenters. The Kier molecular flexibility index (Phi) is 6.77. The predicted octanol–water partition coefficient (Wildman–Crippen LogP) is 3.24. The third-order valence-electron chi connectivity index (χ3n) is 6.22. The largest absolute Gasteiger partial charge is 0.460 e. The van der Waals surface area contributed by atoms with Crippen LogP contribution in [0.1, 0.15) is 40.4 Å². The standard InChI is InChI=1S/C26H25ClN6O3/c27-26-31-22(23-24(32-26)33(14-30-23)17-9-10-17)19-8-4-2-6-16(19)13-36-25(35)20(29)11-15-5-1-3-7-18(15)21(34)12-28/h1-8,14,17,20H,9-13,28-29H2. The van der Waals surface area contributed by atoms with Crippen LogP contribution in [0.5, 0.6) is 0 Å². The van der Waals surface area contributed by atoms with E-state index in [1.807, 2.05) is 28.8 Å². The fourth-order valence-corrected chi connectivity index (χ4v) is 4.40. The van der Waals surface area contributed by atoms with Crippen LogP contribution < -0.4 is 11.5 Å². The molecule has 5 rings (SSSR count). The van der Waals surface area contributed by atoms with Crippen molar-refractivity contribution in [3.63, 3.8) is 0 Å². The van der Waals surface area contributed by atoms with Crippen molar-refractivity contribution in [2.75, 3.05) is 6.54 Å². The molecule has 184 valence electrons. The van der Waals surface area contributed by atoms with Crippen LogP contribution in [0.3, 0.4) is 0 Å². The number of nitrogens with two attached hydrogens (primary N) is 2. The molecule has 0 aliphatic heterocycles. The Hall–Kier alpha value is -3.66. The topological polar surface area (TPSA) is 139 Å². The predicted molar refractivity (Wildman–Crippen MR) is 135 cm³/mol. The van der Waals surface area contributed by atoms with E-state index in [9.17, 15) is 9.59 Å². The SMILES string of the molecule is NCC(=O)c1ccccc1CC(N)C(=O)OCc1ccccc1-c1nc(Cl)nc2c1ncn2C1CC1. The summed E-state index contributed by atoms with van der Waals surface area (Å²) in [6.45, 7) is -0.134.